The summed E-state index contributed by atoms with van der Waals surface area (Å²) in [6.07, 6.45) is 0.899. The van der Waals surface area contributed by atoms with E-state index in [0.717, 1.165) is 17.1 Å². The number of anilines is 1. The van der Waals surface area contributed by atoms with Gasteiger partial charge >= 0.3 is 0 Å². The van der Waals surface area contributed by atoms with Gasteiger partial charge in [-0.3, -0.25) is 4.79 Å². The molecule has 0 bridgehead atoms. The normalized spacial score (nSPS) is 10.5. The van der Waals surface area contributed by atoms with E-state index in [4.69, 9.17) is 9.15 Å². The second-order valence-electron chi connectivity index (χ2n) is 6.11. The van der Waals surface area contributed by atoms with Gasteiger partial charge in [0.15, 0.2) is 0 Å². The molecule has 1 aromatic heterocycles. The number of rotatable bonds is 7. The summed E-state index contributed by atoms with van der Waals surface area (Å²) >= 11 is 0. The minimum atomic E-state index is -0.0644. The van der Waals surface area contributed by atoms with Crippen molar-refractivity contribution in [3.8, 4) is 17.1 Å². The molecule has 2 aromatic carbocycles. The second kappa shape index (κ2) is 8.39. The smallest absolute Gasteiger partial charge is 0.224 e. The number of hydrogen-bond acceptors (Lipinski definition) is 3. The quantitative estimate of drug-likeness (QED) is 0.636. The maximum absolute atomic E-state index is 12.2. The molecule has 0 aliphatic carbocycles. The predicted octanol–water partition coefficient (Wildman–Crippen LogP) is 5.23. The first-order valence-corrected chi connectivity index (χ1v) is 8.83. The van der Waals surface area contributed by atoms with Gasteiger partial charge in [0.1, 0.15) is 17.3 Å². The third-order valence-electron chi connectivity index (χ3n) is 4.06. The largest absolute Gasteiger partial charge is 0.492 e. The fraction of sp³-hybridized carbons (Fsp3) is 0.227. The van der Waals surface area contributed by atoms with Crippen LogP contribution in [0, 0.1) is 6.92 Å². The number of nitrogens with one attached hydrogen (secondary N) is 1. The highest BCUT2D eigenvalue weighted by molar-refractivity contribution is 5.92. The molecular weight excluding hydrogens is 326 g/mol. The van der Waals surface area contributed by atoms with Crippen molar-refractivity contribution in [2.75, 3.05) is 11.9 Å². The molecule has 1 N–H and O–H groups in total. The van der Waals surface area contributed by atoms with Crippen LogP contribution in [-0.4, -0.2) is 12.5 Å². The highest BCUT2D eigenvalue weighted by atomic mass is 16.5. The maximum atomic E-state index is 12.2. The summed E-state index contributed by atoms with van der Waals surface area (Å²) in [5, 5.41) is 2.90. The van der Waals surface area contributed by atoms with Crippen LogP contribution in [0.2, 0.25) is 0 Å². The van der Waals surface area contributed by atoms with Crippen LogP contribution in [0.5, 0.6) is 5.75 Å². The van der Waals surface area contributed by atoms with E-state index in [0.29, 0.717) is 30.9 Å². The number of hydrogen-bond donors (Lipinski definition) is 1. The Morgan fingerprint density at radius 1 is 1.04 bits per heavy atom. The molecule has 0 spiro atoms. The van der Waals surface area contributed by atoms with Gasteiger partial charge in [-0.2, -0.15) is 0 Å². The minimum Gasteiger partial charge on any atom is -0.492 e. The number of furan rings is 1. The van der Waals surface area contributed by atoms with Crippen LogP contribution in [0.25, 0.3) is 11.3 Å². The van der Waals surface area contributed by atoms with Crippen molar-refractivity contribution in [1.29, 1.82) is 0 Å². The molecule has 0 saturated heterocycles. The lowest BCUT2D eigenvalue weighted by Gasteiger charge is -2.10. The molecule has 4 heteroatoms. The molecule has 0 aliphatic heterocycles. The van der Waals surface area contributed by atoms with Gasteiger partial charge in [0.25, 0.3) is 0 Å². The molecule has 0 saturated carbocycles. The third kappa shape index (κ3) is 4.54. The van der Waals surface area contributed by atoms with Crippen molar-refractivity contribution in [2.24, 2.45) is 0 Å². The maximum Gasteiger partial charge on any atom is 0.224 e. The van der Waals surface area contributed by atoms with Crippen molar-refractivity contribution >= 4 is 11.6 Å². The van der Waals surface area contributed by atoms with E-state index in [9.17, 15) is 4.79 Å². The summed E-state index contributed by atoms with van der Waals surface area (Å²) in [7, 11) is 0. The Kier molecular flexibility index (Phi) is 5.74. The SMILES string of the molecule is CCOc1ccccc1NC(=O)CCc1ccc(-c2ccc(C)cc2)o1. The number of benzene rings is 2. The van der Waals surface area contributed by atoms with Crippen molar-refractivity contribution in [3.63, 3.8) is 0 Å². The van der Waals surface area contributed by atoms with Gasteiger partial charge in [-0.1, -0.05) is 42.0 Å². The van der Waals surface area contributed by atoms with Crippen LogP contribution in [0.3, 0.4) is 0 Å². The summed E-state index contributed by atoms with van der Waals surface area (Å²) in [6, 6.07) is 19.5. The molecule has 4 nitrogen and oxygen atoms in total. The fourth-order valence-electron chi connectivity index (χ4n) is 2.69. The van der Waals surface area contributed by atoms with E-state index in [1.54, 1.807) is 0 Å². The molecule has 0 unspecified atom stereocenters. The van der Waals surface area contributed by atoms with Crippen LogP contribution >= 0.6 is 0 Å². The van der Waals surface area contributed by atoms with Gasteiger partial charge in [-0.25, -0.2) is 0 Å². The molecule has 3 rings (SSSR count). The standard InChI is InChI=1S/C22H23NO3/c1-3-25-21-7-5-4-6-19(21)23-22(24)15-13-18-12-14-20(26-18)17-10-8-16(2)9-11-17/h4-12,14H,3,13,15H2,1-2H3,(H,23,24). The predicted molar refractivity (Wildman–Crippen MR) is 103 cm³/mol. The number of carbonyl (C=O) groups excluding carboxylic acids is 1. The number of carbonyl (C=O) groups is 1. The van der Waals surface area contributed by atoms with Gasteiger partial charge < -0.3 is 14.5 Å². The lowest BCUT2D eigenvalue weighted by molar-refractivity contribution is -0.116. The van der Waals surface area contributed by atoms with Gasteiger partial charge in [-0.05, 0) is 38.1 Å². The van der Waals surface area contributed by atoms with Crippen LogP contribution in [-0.2, 0) is 11.2 Å². The lowest BCUT2D eigenvalue weighted by Crippen LogP contribution is -2.13. The number of para-hydroxylation sites is 2. The number of amides is 1. The number of aryl methyl sites for hydroxylation is 2. The summed E-state index contributed by atoms with van der Waals surface area (Å²) in [6.45, 7) is 4.53. The summed E-state index contributed by atoms with van der Waals surface area (Å²) < 4.78 is 11.4. The number of ether oxygens (including phenoxy) is 1. The Balaban J connectivity index is 1.58. The minimum absolute atomic E-state index is 0.0644. The van der Waals surface area contributed by atoms with Crippen LogP contribution in [0.15, 0.2) is 65.1 Å². The fourth-order valence-corrected chi connectivity index (χ4v) is 2.69. The van der Waals surface area contributed by atoms with Gasteiger partial charge in [-0.15, -0.1) is 0 Å². The molecule has 0 aliphatic rings. The zero-order valence-corrected chi connectivity index (χ0v) is 15.1. The average molecular weight is 349 g/mol. The Morgan fingerprint density at radius 3 is 2.58 bits per heavy atom. The first-order chi connectivity index (χ1) is 12.7. The van der Waals surface area contributed by atoms with E-state index in [-0.39, 0.29) is 5.91 Å². The molecule has 3 aromatic rings. The van der Waals surface area contributed by atoms with Gasteiger partial charge in [0.2, 0.25) is 5.91 Å². The highest BCUT2D eigenvalue weighted by Crippen LogP contribution is 2.25. The molecule has 1 heterocycles. The van der Waals surface area contributed by atoms with Crippen molar-refractivity contribution in [3.05, 3.63) is 72.0 Å². The monoisotopic (exact) mass is 349 g/mol. The van der Waals surface area contributed by atoms with Crippen LogP contribution < -0.4 is 10.1 Å². The Hall–Kier alpha value is -3.01. The molecule has 26 heavy (non-hydrogen) atoms. The van der Waals surface area contributed by atoms with Crippen molar-refractivity contribution < 1.29 is 13.9 Å². The second-order valence-corrected chi connectivity index (χ2v) is 6.11. The summed E-state index contributed by atoms with van der Waals surface area (Å²) in [5.41, 5.74) is 2.95. The van der Waals surface area contributed by atoms with Crippen LogP contribution in [0.1, 0.15) is 24.7 Å². The summed E-state index contributed by atoms with van der Waals surface area (Å²) in [4.78, 5) is 12.2. The van der Waals surface area contributed by atoms with E-state index in [2.05, 4.69) is 24.4 Å². The van der Waals surface area contributed by atoms with Gasteiger partial charge in [0, 0.05) is 18.4 Å². The van der Waals surface area contributed by atoms with E-state index >= 15 is 0 Å². The van der Waals surface area contributed by atoms with Crippen molar-refractivity contribution in [2.45, 2.75) is 26.7 Å². The zero-order chi connectivity index (χ0) is 18.4. The topological polar surface area (TPSA) is 51.5 Å². The molecule has 0 radical (unpaired) electrons. The first-order valence-electron chi connectivity index (χ1n) is 8.83. The average Bonchev–Trinajstić information content (AvgIpc) is 3.11. The van der Waals surface area contributed by atoms with Gasteiger partial charge in [0.05, 0.1) is 12.3 Å². The molecule has 0 atom stereocenters. The van der Waals surface area contributed by atoms with E-state index in [1.807, 2.05) is 55.5 Å². The highest BCUT2D eigenvalue weighted by Gasteiger charge is 2.10. The molecular formula is C22H23NO3. The summed E-state index contributed by atoms with van der Waals surface area (Å²) in [5.74, 6) is 2.24. The van der Waals surface area contributed by atoms with Crippen LogP contribution in [0.4, 0.5) is 5.69 Å². The van der Waals surface area contributed by atoms with E-state index in [1.165, 1.54) is 5.56 Å². The first kappa shape index (κ1) is 17.8. The zero-order valence-electron chi connectivity index (χ0n) is 15.1. The third-order valence-corrected chi connectivity index (χ3v) is 4.06. The lowest BCUT2D eigenvalue weighted by atomic mass is 10.1. The van der Waals surface area contributed by atoms with Crippen molar-refractivity contribution in [1.82, 2.24) is 0 Å². The molecule has 1 amide bonds. The molecule has 0 fully saturated rings. The Bertz CT molecular complexity index is 865. The van der Waals surface area contributed by atoms with E-state index < -0.39 is 0 Å². The molecule has 134 valence electrons. The Labute approximate surface area is 153 Å². The Morgan fingerprint density at radius 2 is 1.81 bits per heavy atom.